The molecule has 2 heterocycles. The molecular formula is C18H21ClN4S. The quantitative estimate of drug-likeness (QED) is 0.802. The first-order valence-corrected chi connectivity index (χ1v) is 8.91. The average Bonchev–Trinajstić information content (AvgIpc) is 3.11. The van der Waals surface area contributed by atoms with E-state index < -0.39 is 0 Å². The van der Waals surface area contributed by atoms with Crippen molar-refractivity contribution in [2.45, 2.75) is 26.3 Å². The van der Waals surface area contributed by atoms with Crippen molar-refractivity contribution in [1.29, 1.82) is 0 Å². The zero-order valence-corrected chi connectivity index (χ0v) is 15.3. The second kappa shape index (κ2) is 7.81. The Kier molecular flexibility index (Phi) is 5.53. The van der Waals surface area contributed by atoms with Crippen molar-refractivity contribution in [2.24, 2.45) is 0 Å². The number of nitrogens with zero attached hydrogens (tertiary/aromatic N) is 2. The molecule has 1 aromatic carbocycles. The number of halogens is 1. The molecule has 3 rings (SSSR count). The lowest BCUT2D eigenvalue weighted by Gasteiger charge is -2.18. The van der Waals surface area contributed by atoms with Crippen LogP contribution in [0.4, 0.5) is 11.5 Å². The monoisotopic (exact) mass is 360 g/mol. The number of aryl methyl sites for hydroxylation is 1. The van der Waals surface area contributed by atoms with Gasteiger partial charge in [-0.25, -0.2) is 4.98 Å². The van der Waals surface area contributed by atoms with Crippen LogP contribution in [0.25, 0.3) is 0 Å². The molecule has 0 unspecified atom stereocenters. The molecule has 6 heteroatoms. The summed E-state index contributed by atoms with van der Waals surface area (Å²) in [6.45, 7) is 4.96. The molecule has 0 spiro atoms. The Labute approximate surface area is 153 Å². The van der Waals surface area contributed by atoms with E-state index in [2.05, 4.69) is 44.8 Å². The third kappa shape index (κ3) is 4.36. The van der Waals surface area contributed by atoms with Gasteiger partial charge in [-0.1, -0.05) is 23.7 Å². The van der Waals surface area contributed by atoms with E-state index in [9.17, 15) is 0 Å². The van der Waals surface area contributed by atoms with E-state index in [1.54, 1.807) is 6.20 Å². The molecule has 4 nitrogen and oxygen atoms in total. The Morgan fingerprint density at radius 3 is 2.62 bits per heavy atom. The predicted molar refractivity (Wildman–Crippen MR) is 105 cm³/mol. The van der Waals surface area contributed by atoms with Gasteiger partial charge in [0.2, 0.25) is 0 Å². The smallest absolute Gasteiger partial charge is 0.172 e. The average molecular weight is 361 g/mol. The number of anilines is 2. The zero-order valence-electron chi connectivity index (χ0n) is 13.7. The molecule has 1 aliphatic rings. The summed E-state index contributed by atoms with van der Waals surface area (Å²) in [7, 11) is 0. The summed E-state index contributed by atoms with van der Waals surface area (Å²) in [4.78, 5) is 6.68. The van der Waals surface area contributed by atoms with E-state index in [1.807, 2.05) is 13.0 Å². The van der Waals surface area contributed by atoms with Gasteiger partial charge in [-0.15, -0.1) is 0 Å². The summed E-state index contributed by atoms with van der Waals surface area (Å²) in [5.41, 5.74) is 3.46. The van der Waals surface area contributed by atoms with E-state index in [1.165, 1.54) is 37.2 Å². The predicted octanol–water partition coefficient (Wildman–Crippen LogP) is 4.13. The van der Waals surface area contributed by atoms with Crippen LogP contribution in [0, 0.1) is 6.92 Å². The van der Waals surface area contributed by atoms with Gasteiger partial charge in [0, 0.05) is 31.5 Å². The molecule has 0 atom stereocenters. The minimum atomic E-state index is 0.552. The number of hydrogen-bond donors (Lipinski definition) is 2. The van der Waals surface area contributed by atoms with E-state index in [4.69, 9.17) is 23.8 Å². The fourth-order valence-electron chi connectivity index (χ4n) is 2.81. The van der Waals surface area contributed by atoms with Crippen LogP contribution in [-0.2, 0) is 6.54 Å². The standard InChI is InChI=1S/C18H21ClN4S/c1-13-10-15(19)12-20-17(13)22-18(24)21-11-14-4-6-16(7-5-14)23-8-2-3-9-23/h4-7,10,12H,2-3,8-9,11H2,1H3,(H2,20,21,22,24). The largest absolute Gasteiger partial charge is 0.372 e. The molecule has 1 aliphatic heterocycles. The highest BCUT2D eigenvalue weighted by molar-refractivity contribution is 7.80. The minimum absolute atomic E-state index is 0.552. The fourth-order valence-corrected chi connectivity index (χ4v) is 3.19. The van der Waals surface area contributed by atoms with E-state index in [0.29, 0.717) is 16.7 Å². The third-order valence-corrected chi connectivity index (χ3v) is 4.59. The summed E-state index contributed by atoms with van der Waals surface area (Å²) in [5.74, 6) is 0.723. The van der Waals surface area contributed by atoms with Gasteiger partial charge in [-0.2, -0.15) is 0 Å². The second-order valence-electron chi connectivity index (χ2n) is 5.99. The molecule has 0 aliphatic carbocycles. The van der Waals surface area contributed by atoms with E-state index in [0.717, 1.165) is 11.4 Å². The summed E-state index contributed by atoms with van der Waals surface area (Å²) in [5, 5.41) is 7.49. The fraction of sp³-hybridized carbons (Fsp3) is 0.333. The molecule has 1 fully saturated rings. The molecule has 0 amide bonds. The van der Waals surface area contributed by atoms with Crippen LogP contribution in [0.3, 0.4) is 0 Å². The first-order valence-electron chi connectivity index (χ1n) is 8.13. The molecule has 0 bridgehead atoms. The van der Waals surface area contributed by atoms with Gasteiger partial charge in [0.15, 0.2) is 5.11 Å². The van der Waals surface area contributed by atoms with Crippen LogP contribution in [0.5, 0.6) is 0 Å². The van der Waals surface area contributed by atoms with Gasteiger partial charge in [0.1, 0.15) is 5.82 Å². The molecule has 1 aromatic heterocycles. The number of aromatic nitrogens is 1. The van der Waals surface area contributed by atoms with Crippen molar-refractivity contribution in [1.82, 2.24) is 10.3 Å². The lowest BCUT2D eigenvalue weighted by Crippen LogP contribution is -2.28. The molecule has 1 saturated heterocycles. The first kappa shape index (κ1) is 17.0. The van der Waals surface area contributed by atoms with Crippen molar-refractivity contribution in [2.75, 3.05) is 23.3 Å². The maximum atomic E-state index is 5.91. The van der Waals surface area contributed by atoms with Crippen LogP contribution in [-0.4, -0.2) is 23.2 Å². The van der Waals surface area contributed by atoms with Gasteiger partial charge in [-0.3, -0.25) is 0 Å². The number of hydrogen-bond acceptors (Lipinski definition) is 3. The summed E-state index contributed by atoms with van der Waals surface area (Å²) in [6.07, 6.45) is 4.19. The lowest BCUT2D eigenvalue weighted by atomic mass is 10.2. The Bertz CT molecular complexity index is 711. The molecule has 0 saturated carbocycles. The molecule has 126 valence electrons. The molecule has 24 heavy (non-hydrogen) atoms. The van der Waals surface area contributed by atoms with Crippen LogP contribution in [0.2, 0.25) is 5.02 Å². The highest BCUT2D eigenvalue weighted by Crippen LogP contribution is 2.20. The number of pyridine rings is 1. The van der Waals surface area contributed by atoms with Crippen molar-refractivity contribution in [3.63, 3.8) is 0 Å². The van der Waals surface area contributed by atoms with Crippen LogP contribution in [0.15, 0.2) is 36.5 Å². The van der Waals surface area contributed by atoms with Crippen molar-refractivity contribution < 1.29 is 0 Å². The number of nitrogens with one attached hydrogen (secondary N) is 2. The molecule has 2 aromatic rings. The SMILES string of the molecule is Cc1cc(Cl)cnc1NC(=S)NCc1ccc(N2CCCC2)cc1. The summed E-state index contributed by atoms with van der Waals surface area (Å²) >= 11 is 11.2. The third-order valence-electron chi connectivity index (χ3n) is 4.14. The van der Waals surface area contributed by atoms with Crippen LogP contribution < -0.4 is 15.5 Å². The van der Waals surface area contributed by atoms with Crippen LogP contribution in [0.1, 0.15) is 24.0 Å². The van der Waals surface area contributed by atoms with Gasteiger partial charge in [0.05, 0.1) is 5.02 Å². The van der Waals surface area contributed by atoms with E-state index >= 15 is 0 Å². The Hall–Kier alpha value is -1.85. The van der Waals surface area contributed by atoms with Crippen molar-refractivity contribution in [3.05, 3.63) is 52.7 Å². The topological polar surface area (TPSA) is 40.2 Å². The highest BCUT2D eigenvalue weighted by atomic mass is 35.5. The number of thiocarbonyl (C=S) groups is 1. The summed E-state index contributed by atoms with van der Waals surface area (Å²) in [6, 6.07) is 10.5. The molecular weight excluding hydrogens is 340 g/mol. The van der Waals surface area contributed by atoms with Crippen LogP contribution >= 0.6 is 23.8 Å². The van der Waals surface area contributed by atoms with Crippen molar-refractivity contribution >= 4 is 40.4 Å². The summed E-state index contributed by atoms with van der Waals surface area (Å²) < 4.78 is 0. The van der Waals surface area contributed by atoms with Gasteiger partial charge < -0.3 is 15.5 Å². The second-order valence-corrected chi connectivity index (χ2v) is 6.83. The normalized spacial score (nSPS) is 13.8. The number of benzene rings is 1. The first-order chi connectivity index (χ1) is 11.6. The lowest BCUT2D eigenvalue weighted by molar-refractivity contribution is 0.919. The van der Waals surface area contributed by atoms with Crippen molar-refractivity contribution in [3.8, 4) is 0 Å². The highest BCUT2D eigenvalue weighted by Gasteiger charge is 2.11. The van der Waals surface area contributed by atoms with E-state index in [-0.39, 0.29) is 0 Å². The molecule has 2 N–H and O–H groups in total. The zero-order chi connectivity index (χ0) is 16.9. The maximum absolute atomic E-state index is 5.91. The molecule has 0 radical (unpaired) electrons. The Morgan fingerprint density at radius 2 is 1.96 bits per heavy atom. The van der Waals surface area contributed by atoms with Gasteiger partial charge >= 0.3 is 0 Å². The number of rotatable bonds is 4. The van der Waals surface area contributed by atoms with Gasteiger partial charge in [-0.05, 0) is 61.3 Å². The van der Waals surface area contributed by atoms with Gasteiger partial charge in [0.25, 0.3) is 0 Å². The Morgan fingerprint density at radius 1 is 1.25 bits per heavy atom. The minimum Gasteiger partial charge on any atom is -0.372 e. The maximum Gasteiger partial charge on any atom is 0.172 e. The Balaban J connectivity index is 1.52.